The molecule has 0 fully saturated rings. The van der Waals surface area contributed by atoms with Gasteiger partial charge in [-0.2, -0.15) is 0 Å². The smallest absolute Gasteiger partial charge is 0.231 e. The molecule has 1 aliphatic rings. The topological polar surface area (TPSA) is 40.6 Å². The lowest BCUT2D eigenvalue weighted by atomic mass is 10.1. The average Bonchev–Trinajstić information content (AvgIpc) is 2.54. The molecule has 2 amide bonds. The number of nitrogens with zero attached hydrogens (tertiary/aromatic N) is 2. The van der Waals surface area contributed by atoms with Crippen LogP contribution in [0, 0.1) is 5.92 Å². The summed E-state index contributed by atoms with van der Waals surface area (Å²) in [6.45, 7) is 5.14. The first kappa shape index (κ1) is 13.6. The Hall–Kier alpha value is -1.84. The zero-order valence-corrected chi connectivity index (χ0v) is 11.5. The number of hydrogen-bond donors (Lipinski definition) is 0. The molecule has 2 rings (SSSR count). The van der Waals surface area contributed by atoms with Crippen LogP contribution in [0.3, 0.4) is 0 Å². The Morgan fingerprint density at radius 2 is 2.00 bits per heavy atom. The van der Waals surface area contributed by atoms with Gasteiger partial charge in [0.15, 0.2) is 0 Å². The van der Waals surface area contributed by atoms with Crippen molar-refractivity contribution in [3.05, 3.63) is 24.3 Å². The summed E-state index contributed by atoms with van der Waals surface area (Å²) in [5.74, 6) is -0.0697. The lowest BCUT2D eigenvalue weighted by Crippen LogP contribution is -2.37. The molecule has 4 nitrogen and oxygen atoms in total. The Balaban J connectivity index is 2.44. The quantitative estimate of drug-likeness (QED) is 0.780. The number of carbonyl (C=O) groups excluding carboxylic acids is 2. The fourth-order valence-corrected chi connectivity index (χ4v) is 2.44. The molecule has 0 bridgehead atoms. The normalized spacial score (nSPS) is 19.1. The standard InChI is InChI=1S/C15H20N2O2/c1-3-4-9-17-14-8-6-5-7-13(14)16(11-18)10-12(2)15(17)19/h5-8,11-12H,3-4,9-10H2,1-2H3. The highest BCUT2D eigenvalue weighted by atomic mass is 16.2. The van der Waals surface area contributed by atoms with Gasteiger partial charge < -0.3 is 9.80 Å². The number of amides is 2. The molecule has 0 aliphatic carbocycles. The van der Waals surface area contributed by atoms with E-state index >= 15 is 0 Å². The zero-order valence-electron chi connectivity index (χ0n) is 11.5. The highest BCUT2D eigenvalue weighted by Crippen LogP contribution is 2.33. The minimum Gasteiger partial charge on any atom is -0.312 e. The van der Waals surface area contributed by atoms with Gasteiger partial charge in [0.25, 0.3) is 0 Å². The van der Waals surface area contributed by atoms with E-state index in [0.29, 0.717) is 13.1 Å². The van der Waals surface area contributed by atoms with Gasteiger partial charge in [-0.05, 0) is 18.6 Å². The van der Waals surface area contributed by atoms with Crippen molar-refractivity contribution < 1.29 is 9.59 Å². The summed E-state index contributed by atoms with van der Waals surface area (Å²) >= 11 is 0. The van der Waals surface area contributed by atoms with Crippen molar-refractivity contribution in [3.63, 3.8) is 0 Å². The minimum atomic E-state index is -0.172. The largest absolute Gasteiger partial charge is 0.312 e. The highest BCUT2D eigenvalue weighted by Gasteiger charge is 2.30. The van der Waals surface area contributed by atoms with Gasteiger partial charge in [0.2, 0.25) is 12.3 Å². The van der Waals surface area contributed by atoms with Gasteiger partial charge >= 0.3 is 0 Å². The Morgan fingerprint density at radius 3 is 2.63 bits per heavy atom. The van der Waals surface area contributed by atoms with E-state index in [-0.39, 0.29) is 11.8 Å². The Labute approximate surface area is 114 Å². The van der Waals surface area contributed by atoms with Crippen molar-refractivity contribution in [1.82, 2.24) is 0 Å². The summed E-state index contributed by atoms with van der Waals surface area (Å²) in [7, 11) is 0. The molecule has 0 saturated carbocycles. The molecular formula is C15H20N2O2. The molecule has 0 spiro atoms. The molecule has 1 aromatic rings. The second-order valence-electron chi connectivity index (χ2n) is 4.99. The third kappa shape index (κ3) is 2.62. The van der Waals surface area contributed by atoms with Crippen molar-refractivity contribution in [2.75, 3.05) is 22.9 Å². The van der Waals surface area contributed by atoms with Crippen molar-refractivity contribution in [2.45, 2.75) is 26.7 Å². The van der Waals surface area contributed by atoms with Gasteiger partial charge in [0.05, 0.1) is 17.3 Å². The first-order valence-electron chi connectivity index (χ1n) is 6.81. The first-order chi connectivity index (χ1) is 9.19. The molecular weight excluding hydrogens is 240 g/mol. The summed E-state index contributed by atoms with van der Waals surface area (Å²) in [6.07, 6.45) is 2.82. The number of unbranched alkanes of at least 4 members (excludes halogenated alkanes) is 1. The van der Waals surface area contributed by atoms with Crippen LogP contribution in [-0.4, -0.2) is 25.4 Å². The second kappa shape index (κ2) is 5.87. The van der Waals surface area contributed by atoms with Crippen LogP contribution in [-0.2, 0) is 9.59 Å². The third-order valence-electron chi connectivity index (χ3n) is 3.50. The molecule has 0 radical (unpaired) electrons. The molecule has 1 aliphatic heterocycles. The number of fused-ring (bicyclic) bond motifs is 1. The SMILES string of the molecule is CCCCN1C(=O)C(C)CN(C=O)c2ccccc21. The molecule has 4 heteroatoms. The maximum Gasteiger partial charge on any atom is 0.231 e. The summed E-state index contributed by atoms with van der Waals surface area (Å²) < 4.78 is 0. The number of benzene rings is 1. The molecule has 0 N–H and O–H groups in total. The van der Waals surface area contributed by atoms with Crippen LogP contribution in [0.1, 0.15) is 26.7 Å². The van der Waals surface area contributed by atoms with Gasteiger partial charge in [-0.25, -0.2) is 0 Å². The predicted octanol–water partition coefficient (Wildman–Crippen LogP) is 2.43. The minimum absolute atomic E-state index is 0.102. The van der Waals surface area contributed by atoms with E-state index < -0.39 is 0 Å². The van der Waals surface area contributed by atoms with Crippen LogP contribution in [0.4, 0.5) is 11.4 Å². The zero-order chi connectivity index (χ0) is 13.8. The fraction of sp³-hybridized carbons (Fsp3) is 0.467. The van der Waals surface area contributed by atoms with Crippen molar-refractivity contribution in [1.29, 1.82) is 0 Å². The number of rotatable bonds is 4. The summed E-state index contributed by atoms with van der Waals surface area (Å²) in [6, 6.07) is 7.61. The van der Waals surface area contributed by atoms with E-state index in [2.05, 4.69) is 6.92 Å². The van der Waals surface area contributed by atoms with Crippen LogP contribution in [0.2, 0.25) is 0 Å². The summed E-state index contributed by atoms with van der Waals surface area (Å²) in [4.78, 5) is 27.2. The van der Waals surface area contributed by atoms with Gasteiger partial charge in [0.1, 0.15) is 0 Å². The number of carbonyl (C=O) groups is 2. The maximum atomic E-state index is 12.5. The maximum absolute atomic E-state index is 12.5. The van der Waals surface area contributed by atoms with Gasteiger partial charge in [-0.1, -0.05) is 32.4 Å². The van der Waals surface area contributed by atoms with Crippen LogP contribution < -0.4 is 9.80 Å². The molecule has 1 aromatic carbocycles. The van der Waals surface area contributed by atoms with E-state index in [1.807, 2.05) is 36.1 Å². The average molecular weight is 260 g/mol. The van der Waals surface area contributed by atoms with Crippen molar-refractivity contribution in [3.8, 4) is 0 Å². The second-order valence-corrected chi connectivity index (χ2v) is 4.99. The van der Waals surface area contributed by atoms with E-state index in [1.165, 1.54) is 0 Å². The van der Waals surface area contributed by atoms with E-state index in [0.717, 1.165) is 30.6 Å². The van der Waals surface area contributed by atoms with Crippen LogP contribution >= 0.6 is 0 Å². The summed E-state index contributed by atoms with van der Waals surface area (Å²) in [5.41, 5.74) is 1.67. The molecule has 1 atom stereocenters. The molecule has 1 heterocycles. The number of hydrogen-bond acceptors (Lipinski definition) is 2. The van der Waals surface area contributed by atoms with Crippen LogP contribution in [0.25, 0.3) is 0 Å². The molecule has 1 unspecified atom stereocenters. The Bertz CT molecular complexity index is 473. The van der Waals surface area contributed by atoms with E-state index in [9.17, 15) is 9.59 Å². The molecule has 0 aromatic heterocycles. The lowest BCUT2D eigenvalue weighted by molar-refractivity contribution is -0.121. The summed E-state index contributed by atoms with van der Waals surface area (Å²) in [5, 5.41) is 0. The first-order valence-corrected chi connectivity index (χ1v) is 6.81. The molecule has 19 heavy (non-hydrogen) atoms. The fourth-order valence-electron chi connectivity index (χ4n) is 2.44. The van der Waals surface area contributed by atoms with E-state index in [4.69, 9.17) is 0 Å². The van der Waals surface area contributed by atoms with E-state index in [1.54, 1.807) is 4.90 Å². The predicted molar refractivity (Wildman–Crippen MR) is 76.3 cm³/mol. The molecule has 102 valence electrons. The van der Waals surface area contributed by atoms with Crippen LogP contribution in [0.15, 0.2) is 24.3 Å². The number of anilines is 2. The third-order valence-corrected chi connectivity index (χ3v) is 3.50. The number of para-hydroxylation sites is 2. The van der Waals surface area contributed by atoms with Crippen molar-refractivity contribution in [2.24, 2.45) is 5.92 Å². The van der Waals surface area contributed by atoms with Gasteiger partial charge in [-0.3, -0.25) is 9.59 Å². The highest BCUT2D eigenvalue weighted by molar-refractivity contribution is 6.02. The lowest BCUT2D eigenvalue weighted by Gasteiger charge is -2.24. The monoisotopic (exact) mass is 260 g/mol. The molecule has 0 saturated heterocycles. The Kier molecular flexibility index (Phi) is 4.20. The van der Waals surface area contributed by atoms with Crippen molar-refractivity contribution >= 4 is 23.7 Å². The Morgan fingerprint density at radius 1 is 1.32 bits per heavy atom. The van der Waals surface area contributed by atoms with Crippen LogP contribution in [0.5, 0.6) is 0 Å². The van der Waals surface area contributed by atoms with Gasteiger partial charge in [0, 0.05) is 13.1 Å². The van der Waals surface area contributed by atoms with Gasteiger partial charge in [-0.15, -0.1) is 0 Å².